The largest absolute Gasteiger partial charge is 0.388 e. The zero-order valence-electron chi connectivity index (χ0n) is 14.3. The van der Waals surface area contributed by atoms with Crippen LogP contribution in [0.3, 0.4) is 0 Å². The van der Waals surface area contributed by atoms with Crippen LogP contribution in [0, 0.1) is 0 Å². The molecular weight excluding hydrogens is 342 g/mol. The number of ether oxygens (including phenoxy) is 1. The molecular formula is C17H25N3O4S. The third kappa shape index (κ3) is 4.71. The van der Waals surface area contributed by atoms with Crippen LogP contribution in [0.4, 0.5) is 4.79 Å². The highest BCUT2D eigenvalue weighted by Gasteiger charge is 2.33. The van der Waals surface area contributed by atoms with Crippen molar-refractivity contribution in [3.8, 4) is 0 Å². The molecule has 0 spiro atoms. The van der Waals surface area contributed by atoms with Gasteiger partial charge in [-0.1, -0.05) is 6.07 Å². The molecule has 2 saturated heterocycles. The molecule has 138 valence electrons. The zero-order valence-corrected chi connectivity index (χ0v) is 15.1. The molecule has 2 fully saturated rings. The number of nitrogens with one attached hydrogen (secondary N) is 1. The van der Waals surface area contributed by atoms with Gasteiger partial charge in [0.25, 0.3) is 5.91 Å². The van der Waals surface area contributed by atoms with Gasteiger partial charge in [0.1, 0.15) is 0 Å². The standard InChI is InChI=1S/C17H25N3O4S/c21-15(14-3-1-12-25-14)19-6-2-4-17(23,5-7-19)13-18-16(22)20-8-10-24-11-9-20/h1,3,12,23H,2,4-11,13H2,(H,18,22)/t17-/m1/s1. The number of carbonyl (C=O) groups excluding carboxylic acids is 2. The lowest BCUT2D eigenvalue weighted by Gasteiger charge is -2.31. The minimum Gasteiger partial charge on any atom is -0.388 e. The van der Waals surface area contributed by atoms with E-state index in [1.165, 1.54) is 11.3 Å². The van der Waals surface area contributed by atoms with Gasteiger partial charge in [-0.25, -0.2) is 4.79 Å². The monoisotopic (exact) mass is 367 g/mol. The molecule has 0 bridgehead atoms. The lowest BCUT2D eigenvalue weighted by Crippen LogP contribution is -2.51. The first-order chi connectivity index (χ1) is 12.1. The Labute approximate surface area is 151 Å². The van der Waals surface area contributed by atoms with Crippen molar-refractivity contribution in [2.45, 2.75) is 24.9 Å². The number of nitrogens with zero attached hydrogens (tertiary/aromatic N) is 2. The van der Waals surface area contributed by atoms with Crippen molar-refractivity contribution in [1.82, 2.24) is 15.1 Å². The molecule has 25 heavy (non-hydrogen) atoms. The van der Waals surface area contributed by atoms with E-state index >= 15 is 0 Å². The van der Waals surface area contributed by atoms with Crippen LogP contribution in [-0.4, -0.2) is 78.4 Å². The van der Waals surface area contributed by atoms with Crippen molar-refractivity contribution in [2.24, 2.45) is 0 Å². The molecule has 0 saturated carbocycles. The predicted molar refractivity (Wildman–Crippen MR) is 94.8 cm³/mol. The average Bonchev–Trinajstić information content (AvgIpc) is 3.10. The molecule has 0 aromatic carbocycles. The quantitative estimate of drug-likeness (QED) is 0.840. The van der Waals surface area contributed by atoms with Crippen LogP contribution in [-0.2, 0) is 4.74 Å². The Bertz CT molecular complexity index is 589. The molecule has 0 radical (unpaired) electrons. The zero-order chi connectivity index (χ0) is 17.7. The van der Waals surface area contributed by atoms with Crippen LogP contribution in [0.1, 0.15) is 28.9 Å². The lowest BCUT2D eigenvalue weighted by molar-refractivity contribution is 0.0227. The number of rotatable bonds is 3. The van der Waals surface area contributed by atoms with E-state index in [0.29, 0.717) is 52.2 Å². The SMILES string of the molecule is O=C(NC[C@@]1(O)CCCN(C(=O)c2cccs2)CC1)N1CCOCC1. The summed E-state index contributed by atoms with van der Waals surface area (Å²) in [6.45, 7) is 3.61. The third-order valence-electron chi connectivity index (χ3n) is 4.80. The first kappa shape index (κ1) is 18.2. The maximum absolute atomic E-state index is 12.5. The molecule has 2 aliphatic heterocycles. The van der Waals surface area contributed by atoms with E-state index in [1.54, 1.807) is 9.80 Å². The Morgan fingerprint density at radius 1 is 1.20 bits per heavy atom. The van der Waals surface area contributed by atoms with Gasteiger partial charge in [0.05, 0.1) is 23.7 Å². The van der Waals surface area contributed by atoms with Gasteiger partial charge in [0, 0.05) is 32.7 Å². The second-order valence-corrected chi connectivity index (χ2v) is 7.55. The summed E-state index contributed by atoms with van der Waals surface area (Å²) in [5, 5.41) is 15.6. The molecule has 2 aliphatic rings. The molecule has 7 nitrogen and oxygen atoms in total. The van der Waals surface area contributed by atoms with E-state index in [4.69, 9.17) is 4.74 Å². The van der Waals surface area contributed by atoms with Gasteiger partial charge in [-0.05, 0) is 30.7 Å². The highest BCUT2D eigenvalue weighted by Crippen LogP contribution is 2.23. The summed E-state index contributed by atoms with van der Waals surface area (Å²) >= 11 is 1.43. The Morgan fingerprint density at radius 2 is 2.00 bits per heavy atom. The first-order valence-electron chi connectivity index (χ1n) is 8.73. The maximum Gasteiger partial charge on any atom is 0.317 e. The first-order valence-corrected chi connectivity index (χ1v) is 9.61. The van der Waals surface area contributed by atoms with Crippen molar-refractivity contribution >= 4 is 23.3 Å². The van der Waals surface area contributed by atoms with Crippen molar-refractivity contribution in [2.75, 3.05) is 45.9 Å². The Morgan fingerprint density at radius 3 is 2.72 bits per heavy atom. The third-order valence-corrected chi connectivity index (χ3v) is 5.66. The summed E-state index contributed by atoms with van der Waals surface area (Å²) in [7, 11) is 0. The molecule has 3 heterocycles. The number of hydrogen-bond acceptors (Lipinski definition) is 5. The summed E-state index contributed by atoms with van der Waals surface area (Å²) in [6, 6.07) is 3.53. The van der Waals surface area contributed by atoms with E-state index in [-0.39, 0.29) is 18.5 Å². The number of urea groups is 1. The van der Waals surface area contributed by atoms with Crippen LogP contribution >= 0.6 is 11.3 Å². The second kappa shape index (κ2) is 8.16. The molecule has 8 heteroatoms. The van der Waals surface area contributed by atoms with Gasteiger partial charge >= 0.3 is 6.03 Å². The van der Waals surface area contributed by atoms with E-state index in [0.717, 1.165) is 11.3 Å². The predicted octanol–water partition coefficient (Wildman–Crippen LogP) is 1.15. The summed E-state index contributed by atoms with van der Waals surface area (Å²) in [4.78, 5) is 28.9. The molecule has 2 N–H and O–H groups in total. The van der Waals surface area contributed by atoms with E-state index < -0.39 is 5.60 Å². The Kier molecular flexibility index (Phi) is 5.93. The van der Waals surface area contributed by atoms with Crippen LogP contribution in [0.25, 0.3) is 0 Å². The van der Waals surface area contributed by atoms with Gasteiger partial charge in [-0.2, -0.15) is 0 Å². The van der Waals surface area contributed by atoms with Crippen molar-refractivity contribution in [1.29, 1.82) is 0 Å². The Hall–Kier alpha value is -1.64. The highest BCUT2D eigenvalue weighted by molar-refractivity contribution is 7.12. The van der Waals surface area contributed by atoms with Gasteiger partial charge in [-0.15, -0.1) is 11.3 Å². The van der Waals surface area contributed by atoms with Crippen LogP contribution in [0.5, 0.6) is 0 Å². The number of likely N-dealkylation sites (tertiary alicyclic amines) is 1. The summed E-state index contributed by atoms with van der Waals surface area (Å²) in [5.41, 5.74) is -0.966. The molecule has 3 amide bonds. The number of thiophene rings is 1. The van der Waals surface area contributed by atoms with E-state index in [1.807, 2.05) is 17.5 Å². The maximum atomic E-state index is 12.5. The minimum absolute atomic E-state index is 0.0246. The van der Waals surface area contributed by atoms with Crippen LogP contribution in [0.2, 0.25) is 0 Å². The van der Waals surface area contributed by atoms with Crippen molar-refractivity contribution < 1.29 is 19.4 Å². The van der Waals surface area contributed by atoms with Gasteiger partial charge in [-0.3, -0.25) is 4.79 Å². The van der Waals surface area contributed by atoms with Crippen molar-refractivity contribution in [3.63, 3.8) is 0 Å². The van der Waals surface area contributed by atoms with Crippen molar-refractivity contribution in [3.05, 3.63) is 22.4 Å². The second-order valence-electron chi connectivity index (χ2n) is 6.61. The summed E-state index contributed by atoms with van der Waals surface area (Å²) in [6.07, 6.45) is 1.76. The number of amides is 3. The minimum atomic E-state index is -0.966. The number of morpholine rings is 1. The topological polar surface area (TPSA) is 82.1 Å². The highest BCUT2D eigenvalue weighted by atomic mass is 32.1. The van der Waals surface area contributed by atoms with Gasteiger partial charge in [0.2, 0.25) is 0 Å². The van der Waals surface area contributed by atoms with Crippen LogP contribution in [0.15, 0.2) is 17.5 Å². The summed E-state index contributed by atoms with van der Waals surface area (Å²) < 4.78 is 5.24. The molecule has 0 aliphatic carbocycles. The molecule has 1 atom stereocenters. The fourth-order valence-corrected chi connectivity index (χ4v) is 3.92. The van der Waals surface area contributed by atoms with E-state index in [2.05, 4.69) is 5.32 Å². The normalized spacial score (nSPS) is 24.7. The fraction of sp³-hybridized carbons (Fsp3) is 0.647. The van der Waals surface area contributed by atoms with Crippen LogP contribution < -0.4 is 5.32 Å². The number of aliphatic hydroxyl groups is 1. The van der Waals surface area contributed by atoms with Gasteiger partial charge in [0.15, 0.2) is 0 Å². The molecule has 3 rings (SSSR count). The smallest absolute Gasteiger partial charge is 0.317 e. The number of hydrogen-bond donors (Lipinski definition) is 2. The lowest BCUT2D eigenvalue weighted by atomic mass is 9.95. The number of carbonyl (C=O) groups is 2. The fourth-order valence-electron chi connectivity index (χ4n) is 3.23. The summed E-state index contributed by atoms with van der Waals surface area (Å²) in [5.74, 6) is 0.0246. The van der Waals surface area contributed by atoms with Gasteiger partial charge < -0.3 is 25.0 Å². The van der Waals surface area contributed by atoms with E-state index in [9.17, 15) is 14.7 Å². The average molecular weight is 367 g/mol. The molecule has 1 aromatic rings. The molecule has 0 unspecified atom stereocenters. The Balaban J connectivity index is 1.50. The molecule has 1 aromatic heterocycles.